The molecule has 0 spiro atoms. The normalized spacial score (nSPS) is 17.3. The van der Waals surface area contributed by atoms with Gasteiger partial charge in [0.15, 0.2) is 0 Å². The molecule has 2 aromatic rings. The van der Waals surface area contributed by atoms with Crippen LogP contribution in [0.15, 0.2) is 48.5 Å². The van der Waals surface area contributed by atoms with E-state index in [-0.39, 0.29) is 24.4 Å². The number of carbonyl (C=O) groups excluding carboxylic acids is 1. The maximum Gasteiger partial charge on any atom is 0.224 e. The molecule has 2 aromatic carbocycles. The van der Waals surface area contributed by atoms with Crippen molar-refractivity contribution in [3.05, 3.63) is 69.7 Å². The van der Waals surface area contributed by atoms with Crippen LogP contribution in [0.3, 0.4) is 0 Å². The van der Waals surface area contributed by atoms with Gasteiger partial charge in [0.25, 0.3) is 0 Å². The van der Waals surface area contributed by atoms with Crippen LogP contribution >= 0.6 is 23.2 Å². The van der Waals surface area contributed by atoms with Crippen LogP contribution in [0.5, 0.6) is 0 Å². The standard InChI is InChI=1S/C21H24Cl2N2O2/c1-15(24-20(26)14-17-18(22)8-5-9-19(17)23)21(16-6-3-2-4-7-16)25-10-12-27-13-11-25/h2-9,15,21H,10-14H2,1H3,(H,24,26)/t15-,21-/m0/s1. The number of benzene rings is 2. The highest BCUT2D eigenvalue weighted by Gasteiger charge is 2.28. The predicted octanol–water partition coefficient (Wildman–Crippen LogP) is 4.11. The lowest BCUT2D eigenvalue weighted by molar-refractivity contribution is -0.121. The van der Waals surface area contributed by atoms with Crippen molar-refractivity contribution in [2.75, 3.05) is 26.3 Å². The minimum absolute atomic E-state index is 0.0701. The van der Waals surface area contributed by atoms with Gasteiger partial charge in [0, 0.05) is 29.2 Å². The molecule has 1 aliphatic rings. The number of hydrogen-bond donors (Lipinski definition) is 1. The van der Waals surface area contributed by atoms with Crippen molar-refractivity contribution in [3.63, 3.8) is 0 Å². The third-order valence-electron chi connectivity index (χ3n) is 4.84. The largest absolute Gasteiger partial charge is 0.379 e. The van der Waals surface area contributed by atoms with Gasteiger partial charge in [-0.1, -0.05) is 59.6 Å². The molecule has 27 heavy (non-hydrogen) atoms. The summed E-state index contributed by atoms with van der Waals surface area (Å²) in [5, 5.41) is 4.16. The molecule has 0 unspecified atom stereocenters. The quantitative estimate of drug-likeness (QED) is 0.784. The van der Waals surface area contributed by atoms with Crippen molar-refractivity contribution in [2.24, 2.45) is 0 Å². The number of rotatable bonds is 6. The van der Waals surface area contributed by atoms with E-state index in [1.165, 1.54) is 5.56 Å². The Labute approximate surface area is 170 Å². The molecule has 144 valence electrons. The second-order valence-corrected chi connectivity index (χ2v) is 7.55. The van der Waals surface area contributed by atoms with Gasteiger partial charge in [-0.05, 0) is 30.2 Å². The number of amides is 1. The van der Waals surface area contributed by atoms with E-state index in [0.717, 1.165) is 13.1 Å². The summed E-state index contributed by atoms with van der Waals surface area (Å²) in [7, 11) is 0. The van der Waals surface area contributed by atoms with Crippen LogP contribution in [-0.4, -0.2) is 43.2 Å². The van der Waals surface area contributed by atoms with Crippen LogP contribution in [0.1, 0.15) is 24.1 Å². The molecule has 1 saturated heterocycles. The second kappa shape index (κ2) is 9.56. The summed E-state index contributed by atoms with van der Waals surface area (Å²) in [6.07, 6.45) is 0.160. The van der Waals surface area contributed by atoms with E-state index in [0.29, 0.717) is 28.8 Å². The molecule has 3 rings (SSSR count). The minimum Gasteiger partial charge on any atom is -0.379 e. The maximum atomic E-state index is 12.7. The lowest BCUT2D eigenvalue weighted by atomic mass is 9.97. The topological polar surface area (TPSA) is 41.6 Å². The van der Waals surface area contributed by atoms with E-state index in [1.807, 2.05) is 25.1 Å². The number of halogens is 2. The molecule has 2 atom stereocenters. The van der Waals surface area contributed by atoms with Crippen LogP contribution in [0.4, 0.5) is 0 Å². The molecule has 1 N–H and O–H groups in total. The fraction of sp³-hybridized carbons (Fsp3) is 0.381. The first kappa shape index (κ1) is 20.2. The van der Waals surface area contributed by atoms with Crippen LogP contribution in [-0.2, 0) is 16.0 Å². The van der Waals surface area contributed by atoms with Crippen molar-refractivity contribution in [2.45, 2.75) is 25.4 Å². The first-order valence-corrected chi connectivity index (χ1v) is 9.91. The first-order chi connectivity index (χ1) is 13.1. The predicted molar refractivity (Wildman–Crippen MR) is 109 cm³/mol. The molecule has 1 aliphatic heterocycles. The van der Waals surface area contributed by atoms with Crippen molar-refractivity contribution >= 4 is 29.1 Å². The average Bonchev–Trinajstić information content (AvgIpc) is 2.67. The van der Waals surface area contributed by atoms with Crippen LogP contribution in [0.25, 0.3) is 0 Å². The zero-order valence-electron chi connectivity index (χ0n) is 15.3. The molecule has 0 aliphatic carbocycles. The molecular formula is C21H24Cl2N2O2. The van der Waals surface area contributed by atoms with Crippen molar-refractivity contribution in [3.8, 4) is 0 Å². The SMILES string of the molecule is C[C@H](NC(=O)Cc1c(Cl)cccc1Cl)[C@@H](c1ccccc1)N1CCOCC1. The van der Waals surface area contributed by atoms with Gasteiger partial charge in [0.2, 0.25) is 5.91 Å². The third-order valence-corrected chi connectivity index (χ3v) is 5.55. The second-order valence-electron chi connectivity index (χ2n) is 6.74. The third kappa shape index (κ3) is 5.23. The molecule has 4 nitrogen and oxygen atoms in total. The number of hydrogen-bond acceptors (Lipinski definition) is 3. The van der Waals surface area contributed by atoms with E-state index < -0.39 is 0 Å². The van der Waals surface area contributed by atoms with Crippen LogP contribution in [0.2, 0.25) is 10.0 Å². The van der Waals surface area contributed by atoms with Gasteiger partial charge >= 0.3 is 0 Å². The summed E-state index contributed by atoms with van der Waals surface area (Å²) in [5.41, 5.74) is 1.84. The number of morpholine rings is 1. The molecule has 1 heterocycles. The molecule has 0 bridgehead atoms. The smallest absolute Gasteiger partial charge is 0.224 e. The fourth-order valence-electron chi connectivity index (χ4n) is 3.57. The summed E-state index contributed by atoms with van der Waals surface area (Å²) < 4.78 is 5.49. The Balaban J connectivity index is 1.74. The molecule has 0 radical (unpaired) electrons. The number of nitrogens with zero attached hydrogens (tertiary/aromatic N) is 1. The van der Waals surface area contributed by atoms with E-state index in [9.17, 15) is 4.79 Å². The van der Waals surface area contributed by atoms with Crippen LogP contribution in [0, 0.1) is 0 Å². The van der Waals surface area contributed by atoms with E-state index in [2.05, 4.69) is 22.3 Å². The fourth-order valence-corrected chi connectivity index (χ4v) is 4.10. The lowest BCUT2D eigenvalue weighted by Crippen LogP contribution is -2.48. The lowest BCUT2D eigenvalue weighted by Gasteiger charge is -2.38. The summed E-state index contributed by atoms with van der Waals surface area (Å²) in [6.45, 7) is 5.14. The Morgan fingerprint density at radius 1 is 1.07 bits per heavy atom. The summed E-state index contributed by atoms with van der Waals surface area (Å²) in [6, 6.07) is 15.6. The Kier molecular flexibility index (Phi) is 7.13. The molecule has 1 fully saturated rings. The first-order valence-electron chi connectivity index (χ1n) is 9.15. The van der Waals surface area contributed by atoms with Gasteiger partial charge in [0.05, 0.1) is 25.7 Å². The number of ether oxygens (including phenoxy) is 1. The summed E-state index contributed by atoms with van der Waals surface area (Å²) in [5.74, 6) is -0.0910. The van der Waals surface area contributed by atoms with E-state index >= 15 is 0 Å². The van der Waals surface area contributed by atoms with Crippen molar-refractivity contribution < 1.29 is 9.53 Å². The highest BCUT2D eigenvalue weighted by molar-refractivity contribution is 6.36. The van der Waals surface area contributed by atoms with Gasteiger partial charge in [-0.2, -0.15) is 0 Å². The number of nitrogens with one attached hydrogen (secondary N) is 1. The van der Waals surface area contributed by atoms with Gasteiger partial charge in [-0.25, -0.2) is 0 Å². The Hall–Kier alpha value is -1.59. The number of carbonyl (C=O) groups is 1. The van der Waals surface area contributed by atoms with Gasteiger partial charge < -0.3 is 10.1 Å². The molecule has 0 saturated carbocycles. The van der Waals surface area contributed by atoms with E-state index in [1.54, 1.807) is 18.2 Å². The maximum absolute atomic E-state index is 12.7. The Morgan fingerprint density at radius 3 is 2.33 bits per heavy atom. The van der Waals surface area contributed by atoms with Crippen LogP contribution < -0.4 is 5.32 Å². The van der Waals surface area contributed by atoms with Crippen molar-refractivity contribution in [1.29, 1.82) is 0 Å². The summed E-state index contributed by atoms with van der Waals surface area (Å²) in [4.78, 5) is 15.0. The Bertz CT molecular complexity index is 744. The molecule has 1 amide bonds. The van der Waals surface area contributed by atoms with Gasteiger partial charge in [-0.3, -0.25) is 9.69 Å². The molecule has 0 aromatic heterocycles. The Morgan fingerprint density at radius 2 is 1.70 bits per heavy atom. The highest BCUT2D eigenvalue weighted by atomic mass is 35.5. The average molecular weight is 407 g/mol. The monoisotopic (exact) mass is 406 g/mol. The zero-order valence-corrected chi connectivity index (χ0v) is 16.8. The highest BCUT2D eigenvalue weighted by Crippen LogP contribution is 2.27. The minimum atomic E-state index is -0.0910. The van der Waals surface area contributed by atoms with Gasteiger partial charge in [0.1, 0.15) is 0 Å². The molecule has 6 heteroatoms. The van der Waals surface area contributed by atoms with Gasteiger partial charge in [-0.15, -0.1) is 0 Å². The zero-order chi connectivity index (χ0) is 19.2. The molecular weight excluding hydrogens is 383 g/mol. The summed E-state index contributed by atoms with van der Waals surface area (Å²) >= 11 is 12.4. The van der Waals surface area contributed by atoms with E-state index in [4.69, 9.17) is 27.9 Å². The van der Waals surface area contributed by atoms with Crippen molar-refractivity contribution in [1.82, 2.24) is 10.2 Å².